The van der Waals surface area contributed by atoms with Crippen molar-refractivity contribution < 1.29 is 4.79 Å². The highest BCUT2D eigenvalue weighted by Crippen LogP contribution is 2.31. The van der Waals surface area contributed by atoms with Gasteiger partial charge in [0.15, 0.2) is 11.0 Å². The molecule has 1 aliphatic rings. The Kier molecular flexibility index (Phi) is 5.18. The Morgan fingerprint density at radius 2 is 1.85 bits per heavy atom. The van der Waals surface area contributed by atoms with Crippen LogP contribution in [0.2, 0.25) is 5.02 Å². The quantitative estimate of drug-likeness (QED) is 0.627. The molecule has 1 aromatic heterocycles. The third-order valence-electron chi connectivity index (χ3n) is 4.33. The van der Waals surface area contributed by atoms with Crippen LogP contribution in [0.15, 0.2) is 59.8 Å². The van der Waals surface area contributed by atoms with Gasteiger partial charge in [0.2, 0.25) is 5.91 Å². The lowest BCUT2D eigenvalue weighted by Crippen LogP contribution is -2.32. The topological polar surface area (TPSA) is 59.8 Å². The van der Waals surface area contributed by atoms with Gasteiger partial charge in [-0.05, 0) is 56.2 Å². The molecule has 0 aliphatic heterocycles. The first-order valence-electron chi connectivity index (χ1n) is 8.85. The molecule has 1 aliphatic carbocycles. The lowest BCUT2D eigenvalue weighted by atomic mass is 10.2. The molecule has 0 radical (unpaired) electrons. The highest BCUT2D eigenvalue weighted by Gasteiger charge is 2.27. The summed E-state index contributed by atoms with van der Waals surface area (Å²) in [6.07, 6.45) is 2.15. The fraction of sp³-hybridized carbons (Fsp3) is 0.250. The van der Waals surface area contributed by atoms with E-state index in [4.69, 9.17) is 11.6 Å². The Labute approximate surface area is 167 Å². The molecule has 3 aromatic rings. The van der Waals surface area contributed by atoms with Gasteiger partial charge in [-0.2, -0.15) is 0 Å². The van der Waals surface area contributed by atoms with Gasteiger partial charge in [0.05, 0.1) is 5.25 Å². The molecule has 0 bridgehead atoms. The molecule has 138 valence electrons. The number of carbonyl (C=O) groups excluding carboxylic acids is 1. The number of benzene rings is 2. The van der Waals surface area contributed by atoms with Gasteiger partial charge in [-0.3, -0.25) is 9.36 Å². The van der Waals surface area contributed by atoms with Gasteiger partial charge >= 0.3 is 0 Å². The molecule has 1 atom stereocenters. The average Bonchev–Trinajstić information content (AvgIpc) is 3.40. The summed E-state index contributed by atoms with van der Waals surface area (Å²) >= 11 is 7.43. The third-order valence-corrected chi connectivity index (χ3v) is 5.62. The van der Waals surface area contributed by atoms with Crippen LogP contribution in [0.1, 0.15) is 19.8 Å². The summed E-state index contributed by atoms with van der Waals surface area (Å²) in [6.45, 7) is 1.90. The van der Waals surface area contributed by atoms with E-state index in [0.717, 1.165) is 29.9 Å². The van der Waals surface area contributed by atoms with Crippen molar-refractivity contribution in [1.82, 2.24) is 20.1 Å². The average molecular weight is 399 g/mol. The number of amides is 1. The number of hydrogen-bond acceptors (Lipinski definition) is 4. The van der Waals surface area contributed by atoms with Crippen LogP contribution in [-0.4, -0.2) is 32.0 Å². The van der Waals surface area contributed by atoms with Crippen LogP contribution in [0.4, 0.5) is 0 Å². The first-order chi connectivity index (χ1) is 13.1. The SMILES string of the molecule is C[C@@H](Sc1nnc(-c2ccc(Cl)cc2)n1-c1ccccc1)C(=O)NC1CC1. The van der Waals surface area contributed by atoms with Crippen LogP contribution in [-0.2, 0) is 4.79 Å². The van der Waals surface area contributed by atoms with Gasteiger partial charge in [0.1, 0.15) is 0 Å². The Balaban J connectivity index is 1.68. The summed E-state index contributed by atoms with van der Waals surface area (Å²) in [5.41, 5.74) is 1.86. The van der Waals surface area contributed by atoms with E-state index in [1.807, 2.05) is 66.1 Å². The lowest BCUT2D eigenvalue weighted by Gasteiger charge is -2.13. The minimum atomic E-state index is -0.254. The predicted molar refractivity (Wildman–Crippen MR) is 108 cm³/mol. The van der Waals surface area contributed by atoms with Crippen LogP contribution in [0.3, 0.4) is 0 Å². The van der Waals surface area contributed by atoms with Crippen molar-refractivity contribution >= 4 is 29.3 Å². The Morgan fingerprint density at radius 3 is 2.52 bits per heavy atom. The zero-order valence-corrected chi connectivity index (χ0v) is 16.4. The summed E-state index contributed by atoms with van der Waals surface area (Å²) in [4.78, 5) is 12.4. The number of nitrogens with one attached hydrogen (secondary N) is 1. The zero-order valence-electron chi connectivity index (χ0n) is 14.8. The molecule has 27 heavy (non-hydrogen) atoms. The highest BCUT2D eigenvalue weighted by molar-refractivity contribution is 8.00. The molecule has 0 unspecified atom stereocenters. The predicted octanol–water partition coefficient (Wildman–Crippen LogP) is 4.35. The first kappa shape index (κ1) is 18.1. The number of rotatable bonds is 6. The number of hydrogen-bond donors (Lipinski definition) is 1. The molecule has 1 saturated carbocycles. The van der Waals surface area contributed by atoms with Gasteiger partial charge in [-0.1, -0.05) is 41.6 Å². The number of para-hydroxylation sites is 1. The molecule has 0 saturated heterocycles. The number of nitrogens with zero attached hydrogens (tertiary/aromatic N) is 3. The van der Waals surface area contributed by atoms with Crippen molar-refractivity contribution in [2.24, 2.45) is 0 Å². The second-order valence-electron chi connectivity index (χ2n) is 6.53. The maximum absolute atomic E-state index is 12.4. The summed E-state index contributed by atoms with van der Waals surface area (Å²) in [5, 5.41) is 12.9. The van der Waals surface area contributed by atoms with Crippen molar-refractivity contribution in [3.8, 4) is 17.1 Å². The summed E-state index contributed by atoms with van der Waals surface area (Å²) in [7, 11) is 0. The van der Waals surface area contributed by atoms with E-state index in [2.05, 4.69) is 15.5 Å². The van der Waals surface area contributed by atoms with Crippen molar-refractivity contribution in [3.63, 3.8) is 0 Å². The van der Waals surface area contributed by atoms with Crippen LogP contribution in [0.25, 0.3) is 17.1 Å². The molecule has 1 fully saturated rings. The second-order valence-corrected chi connectivity index (χ2v) is 8.27. The van der Waals surface area contributed by atoms with Crippen LogP contribution in [0.5, 0.6) is 0 Å². The highest BCUT2D eigenvalue weighted by atomic mass is 35.5. The Hall–Kier alpha value is -2.31. The van der Waals surface area contributed by atoms with E-state index in [-0.39, 0.29) is 11.2 Å². The largest absolute Gasteiger partial charge is 0.352 e. The Bertz CT molecular complexity index is 938. The van der Waals surface area contributed by atoms with Gasteiger partial charge in [0, 0.05) is 22.3 Å². The van der Waals surface area contributed by atoms with Crippen molar-refractivity contribution in [2.75, 3.05) is 0 Å². The standard InChI is InChI=1S/C20H19ClN4OS/c1-13(19(26)22-16-11-12-16)27-20-24-23-18(14-7-9-15(21)10-8-14)25(20)17-5-3-2-4-6-17/h2-10,13,16H,11-12H2,1H3,(H,22,26)/t13-/m1/s1. The molecule has 2 aromatic carbocycles. The smallest absolute Gasteiger partial charge is 0.233 e. The van der Waals surface area contributed by atoms with E-state index >= 15 is 0 Å². The van der Waals surface area contributed by atoms with Gasteiger partial charge < -0.3 is 5.32 Å². The zero-order chi connectivity index (χ0) is 18.8. The maximum Gasteiger partial charge on any atom is 0.233 e. The van der Waals surface area contributed by atoms with Crippen LogP contribution < -0.4 is 5.32 Å². The summed E-state index contributed by atoms with van der Waals surface area (Å²) in [6, 6.07) is 17.8. The maximum atomic E-state index is 12.4. The minimum Gasteiger partial charge on any atom is -0.352 e. The molecular weight excluding hydrogens is 380 g/mol. The second kappa shape index (κ2) is 7.74. The van der Waals surface area contributed by atoms with Crippen LogP contribution in [0, 0.1) is 0 Å². The van der Waals surface area contributed by atoms with Crippen molar-refractivity contribution in [2.45, 2.75) is 36.2 Å². The molecule has 1 amide bonds. The lowest BCUT2D eigenvalue weighted by molar-refractivity contribution is -0.120. The third kappa shape index (κ3) is 4.17. The molecule has 1 N–H and O–H groups in total. The van der Waals surface area contributed by atoms with E-state index in [1.165, 1.54) is 11.8 Å². The monoisotopic (exact) mass is 398 g/mol. The fourth-order valence-electron chi connectivity index (χ4n) is 2.70. The number of aromatic nitrogens is 3. The van der Waals surface area contributed by atoms with Crippen molar-refractivity contribution in [1.29, 1.82) is 0 Å². The van der Waals surface area contributed by atoms with Gasteiger partial charge in [-0.25, -0.2) is 0 Å². The number of halogens is 1. The van der Waals surface area contributed by atoms with E-state index < -0.39 is 0 Å². The normalized spacial score (nSPS) is 14.7. The minimum absolute atomic E-state index is 0.0400. The molecule has 4 rings (SSSR count). The van der Waals surface area contributed by atoms with Gasteiger partial charge in [0.25, 0.3) is 0 Å². The van der Waals surface area contributed by atoms with E-state index in [9.17, 15) is 4.79 Å². The van der Waals surface area contributed by atoms with E-state index in [0.29, 0.717) is 16.2 Å². The molecule has 5 nitrogen and oxygen atoms in total. The number of carbonyl (C=O) groups is 1. The molecule has 0 spiro atoms. The Morgan fingerprint density at radius 1 is 1.15 bits per heavy atom. The fourth-order valence-corrected chi connectivity index (χ4v) is 3.70. The van der Waals surface area contributed by atoms with E-state index in [1.54, 1.807) is 0 Å². The molecular formula is C20H19ClN4OS. The molecule has 7 heteroatoms. The summed E-state index contributed by atoms with van der Waals surface area (Å²) < 4.78 is 1.98. The van der Waals surface area contributed by atoms with Crippen molar-refractivity contribution in [3.05, 3.63) is 59.6 Å². The van der Waals surface area contributed by atoms with Crippen LogP contribution >= 0.6 is 23.4 Å². The summed E-state index contributed by atoms with van der Waals surface area (Å²) in [5.74, 6) is 0.758. The first-order valence-corrected chi connectivity index (χ1v) is 10.1. The number of thioether (sulfide) groups is 1. The molecule has 1 heterocycles. The van der Waals surface area contributed by atoms with Gasteiger partial charge in [-0.15, -0.1) is 10.2 Å².